The van der Waals surface area contributed by atoms with Crippen molar-refractivity contribution in [2.45, 2.75) is 6.92 Å². The molecule has 0 aliphatic rings. The van der Waals surface area contributed by atoms with Gasteiger partial charge in [0, 0.05) is 17.2 Å². The van der Waals surface area contributed by atoms with E-state index in [0.29, 0.717) is 5.56 Å². The first-order valence-corrected chi connectivity index (χ1v) is 7.04. The predicted molar refractivity (Wildman–Crippen MR) is 87.4 cm³/mol. The van der Waals surface area contributed by atoms with Crippen molar-refractivity contribution in [2.24, 2.45) is 0 Å². The number of aromatic nitrogens is 1. The summed E-state index contributed by atoms with van der Waals surface area (Å²) in [6.07, 6.45) is 3.35. The number of aliphatic hydroxyl groups is 1. The molecule has 0 aliphatic heterocycles. The SMILES string of the molecule is Cc1ccc[n+](/C(C(C#N)=C(C#N)C#N)=C(/O)c2ccccc2)c1. The van der Waals surface area contributed by atoms with Crippen LogP contribution in [0.3, 0.4) is 0 Å². The van der Waals surface area contributed by atoms with Crippen molar-refractivity contribution in [1.82, 2.24) is 0 Å². The minimum atomic E-state index is -0.357. The molecule has 0 saturated heterocycles. The number of pyridine rings is 1. The van der Waals surface area contributed by atoms with E-state index in [4.69, 9.17) is 10.5 Å². The van der Waals surface area contributed by atoms with Crippen LogP contribution in [-0.4, -0.2) is 5.11 Å². The quantitative estimate of drug-likeness (QED) is 0.408. The molecule has 1 aromatic heterocycles. The Morgan fingerprint density at radius 1 is 0.958 bits per heavy atom. The zero-order valence-corrected chi connectivity index (χ0v) is 12.9. The highest BCUT2D eigenvalue weighted by atomic mass is 16.3. The molecule has 0 saturated carbocycles. The van der Waals surface area contributed by atoms with E-state index in [0.717, 1.165) is 5.56 Å². The number of aliphatic hydroxyl groups excluding tert-OH is 1. The highest BCUT2D eigenvalue weighted by Gasteiger charge is 2.27. The maximum atomic E-state index is 10.7. The zero-order chi connectivity index (χ0) is 17.5. The molecule has 0 spiro atoms. The summed E-state index contributed by atoms with van der Waals surface area (Å²) < 4.78 is 1.53. The van der Waals surface area contributed by atoms with Crippen molar-refractivity contribution in [2.75, 3.05) is 0 Å². The third-order valence-corrected chi connectivity index (χ3v) is 3.30. The van der Waals surface area contributed by atoms with E-state index in [1.807, 2.05) is 19.1 Å². The van der Waals surface area contributed by atoms with Gasteiger partial charge in [-0.3, -0.25) is 0 Å². The van der Waals surface area contributed by atoms with Crippen LogP contribution in [-0.2, 0) is 0 Å². The standard InChI is InChI=1S/C19H12N4O/c1-14-6-5-9-23(13-14)18(17(12-22)16(10-20)11-21)19(24)15-7-3-2-4-8-15/h2-9,13H,1H3/p+1/b19-18+. The largest absolute Gasteiger partial charge is 0.502 e. The Kier molecular flexibility index (Phi) is 5.09. The summed E-state index contributed by atoms with van der Waals surface area (Å²) in [5.41, 5.74) is 0.916. The second-order valence-corrected chi connectivity index (χ2v) is 4.94. The summed E-state index contributed by atoms with van der Waals surface area (Å²) in [6, 6.07) is 17.6. The van der Waals surface area contributed by atoms with Gasteiger partial charge in [0.2, 0.25) is 0 Å². The Labute approximate surface area is 139 Å². The lowest BCUT2D eigenvalue weighted by Crippen LogP contribution is -2.34. The lowest BCUT2D eigenvalue weighted by atomic mass is 10.0. The number of aryl methyl sites for hydroxylation is 1. The maximum Gasteiger partial charge on any atom is 0.273 e. The second kappa shape index (κ2) is 7.40. The summed E-state index contributed by atoms with van der Waals surface area (Å²) in [7, 11) is 0. The summed E-state index contributed by atoms with van der Waals surface area (Å²) >= 11 is 0. The van der Waals surface area contributed by atoms with Crippen LogP contribution in [0.2, 0.25) is 0 Å². The van der Waals surface area contributed by atoms with E-state index in [-0.39, 0.29) is 22.6 Å². The Bertz CT molecular complexity index is 935. The fourth-order valence-corrected chi connectivity index (χ4v) is 2.20. The van der Waals surface area contributed by atoms with Gasteiger partial charge in [0.15, 0.2) is 29.3 Å². The smallest absolute Gasteiger partial charge is 0.273 e. The van der Waals surface area contributed by atoms with Gasteiger partial charge in [-0.1, -0.05) is 30.3 Å². The molecule has 0 unspecified atom stereocenters. The van der Waals surface area contributed by atoms with Gasteiger partial charge in [0.1, 0.15) is 18.2 Å². The molecular formula is C19H13N4O+. The Hall–Kier alpha value is -3.88. The van der Waals surface area contributed by atoms with Gasteiger partial charge in [-0.25, -0.2) is 0 Å². The van der Waals surface area contributed by atoms with E-state index in [2.05, 4.69) is 0 Å². The molecule has 0 radical (unpaired) electrons. The van der Waals surface area contributed by atoms with Crippen LogP contribution in [0.25, 0.3) is 11.5 Å². The van der Waals surface area contributed by atoms with Crippen molar-refractivity contribution in [3.63, 3.8) is 0 Å². The van der Waals surface area contributed by atoms with Crippen LogP contribution < -0.4 is 4.57 Å². The van der Waals surface area contributed by atoms with Crippen LogP contribution in [0.15, 0.2) is 66.0 Å². The summed E-state index contributed by atoms with van der Waals surface area (Å²) in [5, 5.41) is 38.5. The Morgan fingerprint density at radius 3 is 2.17 bits per heavy atom. The molecular weight excluding hydrogens is 300 g/mol. The molecule has 5 heteroatoms. The van der Waals surface area contributed by atoms with Gasteiger partial charge in [-0.15, -0.1) is 0 Å². The van der Waals surface area contributed by atoms with Gasteiger partial charge in [0.25, 0.3) is 5.70 Å². The number of rotatable bonds is 3. The molecule has 2 rings (SSSR count). The van der Waals surface area contributed by atoms with Gasteiger partial charge >= 0.3 is 0 Å². The predicted octanol–water partition coefficient (Wildman–Crippen LogP) is 3.03. The fraction of sp³-hybridized carbons (Fsp3) is 0.0526. The highest BCUT2D eigenvalue weighted by molar-refractivity contribution is 5.86. The molecule has 1 aromatic carbocycles. The van der Waals surface area contributed by atoms with E-state index in [9.17, 15) is 10.4 Å². The van der Waals surface area contributed by atoms with E-state index in [1.165, 1.54) is 4.57 Å². The Morgan fingerprint density at radius 2 is 1.62 bits per heavy atom. The first-order valence-electron chi connectivity index (χ1n) is 7.04. The molecule has 0 amide bonds. The van der Waals surface area contributed by atoms with Crippen LogP contribution in [0.5, 0.6) is 0 Å². The van der Waals surface area contributed by atoms with Gasteiger partial charge < -0.3 is 5.11 Å². The van der Waals surface area contributed by atoms with Crippen molar-refractivity contribution >= 4 is 11.5 Å². The topological polar surface area (TPSA) is 95.5 Å². The van der Waals surface area contributed by atoms with Crippen LogP contribution in [0, 0.1) is 40.9 Å². The highest BCUT2D eigenvalue weighted by Crippen LogP contribution is 2.23. The number of benzene rings is 1. The molecule has 24 heavy (non-hydrogen) atoms. The number of nitrogens with zero attached hydrogens (tertiary/aromatic N) is 4. The van der Waals surface area contributed by atoms with Crippen LogP contribution in [0.4, 0.5) is 0 Å². The molecule has 1 N–H and O–H groups in total. The van der Waals surface area contributed by atoms with Gasteiger partial charge in [-0.2, -0.15) is 20.4 Å². The van der Waals surface area contributed by atoms with E-state index in [1.54, 1.807) is 60.9 Å². The van der Waals surface area contributed by atoms with Crippen molar-refractivity contribution in [3.05, 3.63) is 77.1 Å². The summed E-state index contributed by atoms with van der Waals surface area (Å²) in [4.78, 5) is 0. The van der Waals surface area contributed by atoms with Crippen molar-refractivity contribution in [1.29, 1.82) is 15.8 Å². The van der Waals surface area contributed by atoms with E-state index < -0.39 is 0 Å². The van der Waals surface area contributed by atoms with E-state index >= 15 is 0 Å². The molecule has 0 bridgehead atoms. The average Bonchev–Trinajstić information content (AvgIpc) is 2.62. The first-order chi connectivity index (χ1) is 11.6. The summed E-state index contributed by atoms with van der Waals surface area (Å²) in [6.45, 7) is 1.86. The molecule has 0 fully saturated rings. The fourth-order valence-electron chi connectivity index (χ4n) is 2.20. The minimum Gasteiger partial charge on any atom is -0.502 e. The molecule has 0 aliphatic carbocycles. The monoisotopic (exact) mass is 313 g/mol. The summed E-state index contributed by atoms with van der Waals surface area (Å²) in [5.74, 6) is -0.189. The third kappa shape index (κ3) is 3.30. The second-order valence-electron chi connectivity index (χ2n) is 4.94. The average molecular weight is 313 g/mol. The van der Waals surface area contributed by atoms with Crippen molar-refractivity contribution < 1.29 is 9.67 Å². The molecule has 5 nitrogen and oxygen atoms in total. The first kappa shape index (κ1) is 16.5. The van der Waals surface area contributed by atoms with Gasteiger partial charge in [0.05, 0.1) is 0 Å². The third-order valence-electron chi connectivity index (χ3n) is 3.30. The lowest BCUT2D eigenvalue weighted by Gasteiger charge is -2.06. The zero-order valence-electron chi connectivity index (χ0n) is 12.9. The molecule has 2 aromatic rings. The number of hydrogen-bond donors (Lipinski definition) is 1. The molecule has 0 atom stereocenters. The van der Waals surface area contributed by atoms with Gasteiger partial charge in [-0.05, 0) is 13.0 Å². The van der Waals surface area contributed by atoms with Crippen LogP contribution in [0.1, 0.15) is 11.1 Å². The maximum absolute atomic E-state index is 10.7. The normalized spacial score (nSPS) is 10.6. The number of hydrogen-bond acceptors (Lipinski definition) is 4. The Balaban J connectivity index is 2.88. The molecule has 114 valence electrons. The minimum absolute atomic E-state index is 0.0884. The number of nitriles is 3. The van der Waals surface area contributed by atoms with Crippen molar-refractivity contribution in [3.8, 4) is 18.2 Å². The number of allylic oxidation sites excluding steroid dienone is 3. The molecule has 1 heterocycles. The van der Waals surface area contributed by atoms with Crippen LogP contribution >= 0.6 is 0 Å². The lowest BCUT2D eigenvalue weighted by molar-refractivity contribution is -0.579.